The standard InChI is InChI=1S/C10H15N3O/c1-7-9-6-13(8(2)14)5-3-4-10(9)12-11-7/h3-6H2,1-2H3,(H,11,12). The minimum Gasteiger partial charge on any atom is -0.338 e. The zero-order valence-corrected chi connectivity index (χ0v) is 8.63. The van der Waals surface area contributed by atoms with Gasteiger partial charge in [-0.3, -0.25) is 9.89 Å². The maximum Gasteiger partial charge on any atom is 0.219 e. The summed E-state index contributed by atoms with van der Waals surface area (Å²) < 4.78 is 0. The monoisotopic (exact) mass is 193 g/mol. The van der Waals surface area contributed by atoms with Crippen molar-refractivity contribution in [2.45, 2.75) is 33.2 Å². The zero-order valence-electron chi connectivity index (χ0n) is 8.63. The minimum absolute atomic E-state index is 0.151. The molecule has 4 heteroatoms. The number of aryl methyl sites for hydroxylation is 2. The lowest BCUT2D eigenvalue weighted by atomic mass is 10.1. The zero-order chi connectivity index (χ0) is 10.1. The smallest absolute Gasteiger partial charge is 0.219 e. The second kappa shape index (κ2) is 3.44. The maximum absolute atomic E-state index is 11.3. The Hall–Kier alpha value is -1.32. The highest BCUT2D eigenvalue weighted by Gasteiger charge is 2.19. The normalized spacial score (nSPS) is 16.3. The molecule has 0 radical (unpaired) electrons. The van der Waals surface area contributed by atoms with Crippen molar-refractivity contribution in [1.29, 1.82) is 0 Å². The van der Waals surface area contributed by atoms with Gasteiger partial charge in [-0.2, -0.15) is 5.10 Å². The Labute approximate surface area is 83.3 Å². The van der Waals surface area contributed by atoms with Gasteiger partial charge in [0.15, 0.2) is 0 Å². The summed E-state index contributed by atoms with van der Waals surface area (Å²) in [5, 5.41) is 7.23. The predicted molar refractivity (Wildman–Crippen MR) is 52.7 cm³/mol. The van der Waals surface area contributed by atoms with Gasteiger partial charge in [-0.1, -0.05) is 0 Å². The van der Waals surface area contributed by atoms with E-state index in [0.717, 1.165) is 30.8 Å². The molecule has 14 heavy (non-hydrogen) atoms. The molecule has 1 aliphatic rings. The second-order valence-electron chi connectivity index (χ2n) is 3.82. The maximum atomic E-state index is 11.3. The average molecular weight is 193 g/mol. The number of carbonyl (C=O) groups is 1. The van der Waals surface area contributed by atoms with Crippen LogP contribution in [0.25, 0.3) is 0 Å². The minimum atomic E-state index is 0.151. The van der Waals surface area contributed by atoms with E-state index < -0.39 is 0 Å². The molecule has 0 saturated carbocycles. The first-order valence-electron chi connectivity index (χ1n) is 4.96. The number of nitrogens with zero attached hydrogens (tertiary/aromatic N) is 2. The predicted octanol–water partition coefficient (Wildman–Crippen LogP) is 1.01. The number of rotatable bonds is 0. The Balaban J connectivity index is 2.29. The van der Waals surface area contributed by atoms with Crippen molar-refractivity contribution in [3.63, 3.8) is 0 Å². The number of amides is 1. The fourth-order valence-electron chi connectivity index (χ4n) is 1.90. The molecule has 0 aliphatic carbocycles. The molecule has 0 atom stereocenters. The fourth-order valence-corrected chi connectivity index (χ4v) is 1.90. The summed E-state index contributed by atoms with van der Waals surface area (Å²) in [6, 6.07) is 0. The Morgan fingerprint density at radius 3 is 3.07 bits per heavy atom. The summed E-state index contributed by atoms with van der Waals surface area (Å²) >= 11 is 0. The van der Waals surface area contributed by atoms with Crippen LogP contribution in [0.3, 0.4) is 0 Å². The Bertz CT molecular complexity index is 356. The molecule has 1 aliphatic heterocycles. The van der Waals surface area contributed by atoms with Gasteiger partial charge in [0.25, 0.3) is 0 Å². The molecule has 76 valence electrons. The summed E-state index contributed by atoms with van der Waals surface area (Å²) in [7, 11) is 0. The third-order valence-electron chi connectivity index (χ3n) is 2.80. The Kier molecular flexibility index (Phi) is 2.27. The first kappa shape index (κ1) is 9.24. The lowest BCUT2D eigenvalue weighted by molar-refractivity contribution is -0.129. The summed E-state index contributed by atoms with van der Waals surface area (Å²) in [5.74, 6) is 0.151. The summed E-state index contributed by atoms with van der Waals surface area (Å²) in [6.07, 6.45) is 1.99. The van der Waals surface area contributed by atoms with Crippen molar-refractivity contribution in [3.05, 3.63) is 17.0 Å². The second-order valence-corrected chi connectivity index (χ2v) is 3.82. The van der Waals surface area contributed by atoms with Gasteiger partial charge in [0, 0.05) is 31.3 Å². The van der Waals surface area contributed by atoms with E-state index in [2.05, 4.69) is 10.2 Å². The van der Waals surface area contributed by atoms with Crippen LogP contribution in [0.15, 0.2) is 0 Å². The van der Waals surface area contributed by atoms with E-state index in [9.17, 15) is 4.79 Å². The van der Waals surface area contributed by atoms with Crippen molar-refractivity contribution in [2.24, 2.45) is 0 Å². The van der Waals surface area contributed by atoms with E-state index >= 15 is 0 Å². The topological polar surface area (TPSA) is 49.0 Å². The van der Waals surface area contributed by atoms with Gasteiger partial charge in [0.1, 0.15) is 0 Å². The molecule has 4 nitrogen and oxygen atoms in total. The average Bonchev–Trinajstić information content (AvgIpc) is 2.40. The molecule has 1 amide bonds. The van der Waals surface area contributed by atoms with Crippen LogP contribution in [0, 0.1) is 6.92 Å². The van der Waals surface area contributed by atoms with Crippen molar-refractivity contribution >= 4 is 5.91 Å². The van der Waals surface area contributed by atoms with Crippen LogP contribution in [0.1, 0.15) is 30.3 Å². The van der Waals surface area contributed by atoms with Crippen LogP contribution in [-0.2, 0) is 17.8 Å². The Morgan fingerprint density at radius 2 is 2.36 bits per heavy atom. The molecule has 0 unspecified atom stereocenters. The molecule has 2 rings (SSSR count). The number of aromatic nitrogens is 2. The number of aromatic amines is 1. The molecule has 1 aromatic heterocycles. The van der Waals surface area contributed by atoms with E-state index in [1.54, 1.807) is 6.92 Å². The molecule has 0 fully saturated rings. The van der Waals surface area contributed by atoms with Crippen LogP contribution in [0.5, 0.6) is 0 Å². The highest BCUT2D eigenvalue weighted by molar-refractivity contribution is 5.73. The van der Waals surface area contributed by atoms with Crippen molar-refractivity contribution < 1.29 is 4.79 Å². The van der Waals surface area contributed by atoms with Gasteiger partial charge in [-0.15, -0.1) is 0 Å². The van der Waals surface area contributed by atoms with Gasteiger partial charge in [-0.25, -0.2) is 0 Å². The Morgan fingerprint density at radius 1 is 1.57 bits per heavy atom. The number of carbonyl (C=O) groups excluding carboxylic acids is 1. The van der Waals surface area contributed by atoms with Crippen LogP contribution >= 0.6 is 0 Å². The van der Waals surface area contributed by atoms with E-state index in [4.69, 9.17) is 0 Å². The van der Waals surface area contributed by atoms with Gasteiger partial charge < -0.3 is 4.90 Å². The largest absolute Gasteiger partial charge is 0.338 e. The molecular formula is C10H15N3O. The molecule has 0 spiro atoms. The lowest BCUT2D eigenvalue weighted by Crippen LogP contribution is -2.28. The van der Waals surface area contributed by atoms with Crippen LogP contribution in [0.2, 0.25) is 0 Å². The quantitative estimate of drug-likeness (QED) is 0.668. The molecule has 0 aromatic carbocycles. The van der Waals surface area contributed by atoms with Crippen molar-refractivity contribution in [1.82, 2.24) is 15.1 Å². The summed E-state index contributed by atoms with van der Waals surface area (Å²) in [4.78, 5) is 13.2. The van der Waals surface area contributed by atoms with E-state index in [1.807, 2.05) is 11.8 Å². The van der Waals surface area contributed by atoms with E-state index in [-0.39, 0.29) is 5.91 Å². The number of hydrogen-bond acceptors (Lipinski definition) is 2. The molecule has 1 aromatic rings. The van der Waals surface area contributed by atoms with Gasteiger partial charge in [-0.05, 0) is 19.8 Å². The first-order chi connectivity index (χ1) is 6.68. The molecular weight excluding hydrogens is 178 g/mol. The fraction of sp³-hybridized carbons (Fsp3) is 0.600. The van der Waals surface area contributed by atoms with Crippen molar-refractivity contribution in [3.8, 4) is 0 Å². The highest BCUT2D eigenvalue weighted by atomic mass is 16.2. The summed E-state index contributed by atoms with van der Waals surface area (Å²) in [5.41, 5.74) is 3.43. The van der Waals surface area contributed by atoms with Crippen LogP contribution in [-0.4, -0.2) is 27.5 Å². The third kappa shape index (κ3) is 1.52. The van der Waals surface area contributed by atoms with Gasteiger partial charge in [0.05, 0.1) is 5.69 Å². The van der Waals surface area contributed by atoms with Crippen molar-refractivity contribution in [2.75, 3.05) is 6.54 Å². The van der Waals surface area contributed by atoms with E-state index in [1.165, 1.54) is 5.56 Å². The van der Waals surface area contributed by atoms with E-state index in [0.29, 0.717) is 6.54 Å². The number of hydrogen-bond donors (Lipinski definition) is 1. The number of H-pyrrole nitrogens is 1. The SMILES string of the molecule is CC(=O)N1CCCc2n[nH]c(C)c2C1. The van der Waals surface area contributed by atoms with Gasteiger partial charge in [0.2, 0.25) is 5.91 Å². The summed E-state index contributed by atoms with van der Waals surface area (Å²) in [6.45, 7) is 5.20. The van der Waals surface area contributed by atoms with Crippen LogP contribution < -0.4 is 0 Å². The third-order valence-corrected chi connectivity index (χ3v) is 2.80. The number of nitrogens with one attached hydrogen (secondary N) is 1. The highest BCUT2D eigenvalue weighted by Crippen LogP contribution is 2.19. The molecule has 2 heterocycles. The van der Waals surface area contributed by atoms with Crippen LogP contribution in [0.4, 0.5) is 0 Å². The number of fused-ring (bicyclic) bond motifs is 1. The lowest BCUT2D eigenvalue weighted by Gasteiger charge is -2.18. The molecule has 0 bridgehead atoms. The molecule has 1 N–H and O–H groups in total. The first-order valence-corrected chi connectivity index (χ1v) is 4.96. The van der Waals surface area contributed by atoms with Gasteiger partial charge >= 0.3 is 0 Å². The molecule has 0 saturated heterocycles.